The zero-order chi connectivity index (χ0) is 16.7. The lowest BCUT2D eigenvalue weighted by Crippen LogP contribution is -2.49. The van der Waals surface area contributed by atoms with Gasteiger partial charge in [-0.15, -0.1) is 0 Å². The minimum atomic E-state index is -0.708. The maximum atomic E-state index is 14.0. The molecule has 0 radical (unpaired) electrons. The van der Waals surface area contributed by atoms with Crippen molar-refractivity contribution in [3.8, 4) is 11.8 Å². The van der Waals surface area contributed by atoms with E-state index in [2.05, 4.69) is 6.07 Å². The number of hydrogen-bond donors (Lipinski definition) is 0. The Kier molecular flexibility index (Phi) is 2.53. The van der Waals surface area contributed by atoms with Crippen molar-refractivity contribution in [3.63, 3.8) is 0 Å². The van der Waals surface area contributed by atoms with E-state index in [9.17, 15) is 18.8 Å². The molecule has 4 nitrogen and oxygen atoms in total. The van der Waals surface area contributed by atoms with E-state index in [-0.39, 0.29) is 29.2 Å². The Hall–Kier alpha value is -2.16. The van der Waals surface area contributed by atoms with Crippen molar-refractivity contribution in [2.24, 2.45) is 10.8 Å². The molecule has 1 amide bonds. The van der Waals surface area contributed by atoms with Gasteiger partial charge >= 0.3 is 0 Å². The molecule has 1 saturated heterocycles. The van der Waals surface area contributed by atoms with Gasteiger partial charge in [-0.3, -0.25) is 4.79 Å². The molecule has 2 aliphatic heterocycles. The van der Waals surface area contributed by atoms with Crippen LogP contribution in [-0.4, -0.2) is 23.5 Å². The van der Waals surface area contributed by atoms with Gasteiger partial charge in [0.25, 0.3) is 0 Å². The predicted molar refractivity (Wildman–Crippen MR) is 78.8 cm³/mol. The van der Waals surface area contributed by atoms with Crippen LogP contribution >= 0.6 is 0 Å². The third-order valence-electron chi connectivity index (χ3n) is 6.33. The number of carbonyl (C=O) groups excluding carboxylic acids is 1. The Morgan fingerprint density at radius 1 is 1.33 bits per heavy atom. The van der Waals surface area contributed by atoms with Gasteiger partial charge in [0, 0.05) is 18.1 Å². The smallest absolute Gasteiger partial charge is 0.229 e. The summed E-state index contributed by atoms with van der Waals surface area (Å²) in [7, 11) is 0. The van der Waals surface area contributed by atoms with Gasteiger partial charge < -0.3 is 9.64 Å². The quantitative estimate of drug-likeness (QED) is 0.795. The highest BCUT2D eigenvalue weighted by molar-refractivity contribution is 5.86. The number of fused-ring (bicyclic) bond motifs is 5. The lowest BCUT2D eigenvalue weighted by molar-refractivity contribution is -0.149. The van der Waals surface area contributed by atoms with Crippen molar-refractivity contribution >= 4 is 5.91 Å². The van der Waals surface area contributed by atoms with Crippen molar-refractivity contribution in [2.75, 3.05) is 6.54 Å². The summed E-state index contributed by atoms with van der Waals surface area (Å²) in [4.78, 5) is 14.9. The number of halogens is 2. The summed E-state index contributed by atoms with van der Waals surface area (Å²) in [6.45, 7) is 0.403. The van der Waals surface area contributed by atoms with Crippen molar-refractivity contribution < 1.29 is 18.3 Å². The summed E-state index contributed by atoms with van der Waals surface area (Å²) in [5, 5.41) is 9.29. The van der Waals surface area contributed by atoms with Crippen molar-refractivity contribution in [2.45, 2.75) is 44.2 Å². The first-order valence-electron chi connectivity index (χ1n) is 8.33. The largest absolute Gasteiger partial charge is 0.485 e. The van der Waals surface area contributed by atoms with Crippen LogP contribution in [0.5, 0.6) is 5.75 Å². The van der Waals surface area contributed by atoms with Gasteiger partial charge in [0.2, 0.25) is 5.91 Å². The molecule has 2 unspecified atom stereocenters. The maximum Gasteiger partial charge on any atom is 0.229 e. The Balaban J connectivity index is 1.49. The molecular formula is C18H16F2N2O2. The number of ether oxygens (including phenoxy) is 1. The van der Waals surface area contributed by atoms with E-state index in [0.29, 0.717) is 31.4 Å². The second-order valence-corrected chi connectivity index (χ2v) is 7.78. The molecule has 5 aliphatic rings. The van der Waals surface area contributed by atoms with E-state index in [0.717, 1.165) is 18.9 Å². The minimum Gasteiger partial charge on any atom is -0.485 e. The van der Waals surface area contributed by atoms with E-state index in [1.165, 1.54) is 6.07 Å². The summed E-state index contributed by atoms with van der Waals surface area (Å²) in [6.07, 6.45) is 3.07. The Labute approximate surface area is 138 Å². The zero-order valence-corrected chi connectivity index (χ0v) is 13.0. The molecule has 3 aliphatic carbocycles. The lowest BCUT2D eigenvalue weighted by Gasteiger charge is -2.44. The Morgan fingerprint density at radius 3 is 2.83 bits per heavy atom. The molecule has 3 saturated carbocycles. The van der Waals surface area contributed by atoms with Crippen LogP contribution in [0.4, 0.5) is 8.78 Å². The van der Waals surface area contributed by atoms with E-state index in [1.807, 2.05) is 0 Å². The third-order valence-corrected chi connectivity index (χ3v) is 6.33. The predicted octanol–water partition coefficient (Wildman–Crippen LogP) is 3.08. The standard InChI is InChI=1S/C18H16F2N2O2/c19-10-3-12-14-5-11(24-15(12)13(20)4-10)6-22(14)16(23)18-2-1-17(7-18,8-18)9-21/h3-4,11,14H,1-2,5-8H2. The molecule has 2 atom stereocenters. The fourth-order valence-electron chi connectivity index (χ4n) is 5.29. The van der Waals surface area contributed by atoms with Crippen LogP contribution in [0.25, 0.3) is 0 Å². The minimum absolute atomic E-state index is 0.0273. The Bertz CT molecular complexity index is 810. The van der Waals surface area contributed by atoms with Crippen LogP contribution in [0, 0.1) is 33.8 Å². The average molecular weight is 330 g/mol. The topological polar surface area (TPSA) is 53.3 Å². The molecule has 0 N–H and O–H groups in total. The normalized spacial score (nSPS) is 38.1. The molecule has 24 heavy (non-hydrogen) atoms. The fourth-order valence-corrected chi connectivity index (χ4v) is 5.29. The average Bonchev–Trinajstić information content (AvgIpc) is 3.18. The van der Waals surface area contributed by atoms with Gasteiger partial charge in [-0.2, -0.15) is 5.26 Å². The monoisotopic (exact) mass is 330 g/mol. The van der Waals surface area contributed by atoms with E-state index >= 15 is 0 Å². The second kappa shape index (κ2) is 4.27. The molecular weight excluding hydrogens is 314 g/mol. The molecule has 124 valence electrons. The molecule has 4 fully saturated rings. The van der Waals surface area contributed by atoms with Crippen molar-refractivity contribution in [3.05, 3.63) is 29.3 Å². The molecule has 1 aromatic carbocycles. The van der Waals surface area contributed by atoms with Gasteiger partial charge in [-0.25, -0.2) is 8.78 Å². The number of carbonyl (C=O) groups is 1. The number of likely N-dealkylation sites (tertiary alicyclic amines) is 1. The SMILES string of the molecule is N#CC12CCC(C(=O)N3CC4CC3c3cc(F)cc(F)c3O4)(C1)C2. The highest BCUT2D eigenvalue weighted by Crippen LogP contribution is 2.68. The van der Waals surface area contributed by atoms with Crippen LogP contribution in [-0.2, 0) is 4.79 Å². The van der Waals surface area contributed by atoms with Crippen LogP contribution in [0.1, 0.15) is 43.7 Å². The van der Waals surface area contributed by atoms with Crippen LogP contribution in [0.3, 0.4) is 0 Å². The van der Waals surface area contributed by atoms with E-state index < -0.39 is 17.0 Å². The van der Waals surface area contributed by atoms with Crippen LogP contribution in [0.15, 0.2) is 12.1 Å². The molecule has 6 rings (SSSR count). The summed E-state index contributed by atoms with van der Waals surface area (Å²) >= 11 is 0. The number of nitriles is 1. The molecule has 1 aromatic rings. The number of amides is 1. The fraction of sp³-hybridized carbons (Fsp3) is 0.556. The first-order valence-corrected chi connectivity index (χ1v) is 8.33. The summed E-state index contributed by atoms with van der Waals surface area (Å²) in [5.74, 6) is -1.25. The number of rotatable bonds is 1. The van der Waals surface area contributed by atoms with Gasteiger partial charge in [0.05, 0.1) is 29.5 Å². The van der Waals surface area contributed by atoms with Crippen molar-refractivity contribution in [1.82, 2.24) is 4.90 Å². The molecule has 4 bridgehead atoms. The van der Waals surface area contributed by atoms with Gasteiger partial charge in [0.15, 0.2) is 11.6 Å². The van der Waals surface area contributed by atoms with Gasteiger partial charge in [-0.05, 0) is 31.7 Å². The lowest BCUT2D eigenvalue weighted by atomic mass is 9.60. The van der Waals surface area contributed by atoms with E-state index in [4.69, 9.17) is 4.74 Å². The molecule has 0 aromatic heterocycles. The number of nitrogens with zero attached hydrogens (tertiary/aromatic N) is 2. The molecule has 2 heterocycles. The second-order valence-electron chi connectivity index (χ2n) is 7.78. The first kappa shape index (κ1) is 14.2. The first-order chi connectivity index (χ1) is 11.5. The van der Waals surface area contributed by atoms with Gasteiger partial charge in [0.1, 0.15) is 11.9 Å². The molecule has 6 heteroatoms. The summed E-state index contributed by atoms with van der Waals surface area (Å²) in [5.41, 5.74) is -0.342. The Morgan fingerprint density at radius 2 is 2.12 bits per heavy atom. The van der Waals surface area contributed by atoms with Crippen LogP contribution < -0.4 is 4.74 Å². The van der Waals surface area contributed by atoms with Gasteiger partial charge in [-0.1, -0.05) is 0 Å². The highest BCUT2D eigenvalue weighted by Gasteiger charge is 2.66. The zero-order valence-electron chi connectivity index (χ0n) is 13.0. The number of hydrogen-bond acceptors (Lipinski definition) is 3. The van der Waals surface area contributed by atoms with Crippen molar-refractivity contribution in [1.29, 1.82) is 5.26 Å². The van der Waals surface area contributed by atoms with E-state index in [1.54, 1.807) is 4.90 Å². The third kappa shape index (κ3) is 1.62. The number of benzene rings is 1. The maximum absolute atomic E-state index is 14.0. The van der Waals surface area contributed by atoms with Crippen LogP contribution in [0.2, 0.25) is 0 Å². The summed E-state index contributed by atoms with van der Waals surface area (Å²) in [6, 6.07) is 4.12. The highest BCUT2D eigenvalue weighted by atomic mass is 19.1. The molecule has 0 spiro atoms. The summed E-state index contributed by atoms with van der Waals surface area (Å²) < 4.78 is 33.3.